The SMILES string of the molecule is O=C(Nc1ccccc1N1CCOCC1)c1cc(-c2ccccc2)on1. The van der Waals surface area contributed by atoms with Crippen LogP contribution in [0.4, 0.5) is 11.4 Å². The van der Waals surface area contributed by atoms with Gasteiger partial charge in [0.25, 0.3) is 5.91 Å². The van der Waals surface area contributed by atoms with Crippen LogP contribution in [0.1, 0.15) is 10.5 Å². The van der Waals surface area contributed by atoms with Crippen molar-refractivity contribution >= 4 is 17.3 Å². The maximum absolute atomic E-state index is 12.6. The van der Waals surface area contributed by atoms with Crippen LogP contribution in [0.15, 0.2) is 65.2 Å². The van der Waals surface area contributed by atoms with E-state index >= 15 is 0 Å². The largest absolute Gasteiger partial charge is 0.378 e. The van der Waals surface area contributed by atoms with E-state index in [1.165, 1.54) is 0 Å². The molecule has 26 heavy (non-hydrogen) atoms. The number of carbonyl (C=O) groups excluding carboxylic acids is 1. The summed E-state index contributed by atoms with van der Waals surface area (Å²) >= 11 is 0. The molecule has 0 spiro atoms. The van der Waals surface area contributed by atoms with Crippen LogP contribution in [0.5, 0.6) is 0 Å². The summed E-state index contributed by atoms with van der Waals surface area (Å²) in [6.45, 7) is 2.97. The summed E-state index contributed by atoms with van der Waals surface area (Å²) in [7, 11) is 0. The molecule has 1 aromatic heterocycles. The van der Waals surface area contributed by atoms with Gasteiger partial charge in [-0.25, -0.2) is 0 Å². The molecule has 0 bridgehead atoms. The molecule has 3 aromatic rings. The van der Waals surface area contributed by atoms with Crippen LogP contribution in [-0.4, -0.2) is 37.4 Å². The van der Waals surface area contributed by atoms with Gasteiger partial charge in [0, 0.05) is 24.7 Å². The van der Waals surface area contributed by atoms with E-state index < -0.39 is 0 Å². The number of hydrogen-bond donors (Lipinski definition) is 1. The van der Waals surface area contributed by atoms with E-state index in [1.807, 2.05) is 54.6 Å². The number of nitrogens with zero attached hydrogens (tertiary/aromatic N) is 2. The number of hydrogen-bond acceptors (Lipinski definition) is 5. The van der Waals surface area contributed by atoms with Gasteiger partial charge in [-0.05, 0) is 12.1 Å². The zero-order chi connectivity index (χ0) is 17.8. The minimum atomic E-state index is -0.295. The van der Waals surface area contributed by atoms with Crippen molar-refractivity contribution in [3.05, 3.63) is 66.4 Å². The zero-order valence-corrected chi connectivity index (χ0v) is 14.2. The first kappa shape index (κ1) is 16.4. The van der Waals surface area contributed by atoms with E-state index in [0.717, 1.165) is 30.0 Å². The monoisotopic (exact) mass is 349 g/mol. The van der Waals surface area contributed by atoms with Gasteiger partial charge in [0.05, 0.1) is 24.6 Å². The lowest BCUT2D eigenvalue weighted by Crippen LogP contribution is -2.36. The summed E-state index contributed by atoms with van der Waals surface area (Å²) in [4.78, 5) is 14.8. The Balaban J connectivity index is 1.53. The Morgan fingerprint density at radius 2 is 1.73 bits per heavy atom. The smallest absolute Gasteiger partial charge is 0.277 e. The summed E-state index contributed by atoms with van der Waals surface area (Å²) in [6.07, 6.45) is 0. The van der Waals surface area contributed by atoms with Crippen LogP contribution < -0.4 is 10.2 Å². The molecule has 2 heterocycles. The Morgan fingerprint density at radius 3 is 2.54 bits per heavy atom. The van der Waals surface area contributed by atoms with Gasteiger partial charge in [0.2, 0.25) is 0 Å². The van der Waals surface area contributed by atoms with Gasteiger partial charge in [0.1, 0.15) is 0 Å². The number of aromatic nitrogens is 1. The molecular formula is C20H19N3O3. The first-order valence-electron chi connectivity index (χ1n) is 8.56. The molecule has 2 aromatic carbocycles. The van der Waals surface area contributed by atoms with E-state index in [9.17, 15) is 4.79 Å². The highest BCUT2D eigenvalue weighted by atomic mass is 16.5. The summed E-state index contributed by atoms with van der Waals surface area (Å²) in [5, 5.41) is 6.86. The highest BCUT2D eigenvalue weighted by Gasteiger charge is 2.18. The number of nitrogens with one attached hydrogen (secondary N) is 1. The molecule has 6 heteroatoms. The van der Waals surface area contributed by atoms with Crippen molar-refractivity contribution in [2.24, 2.45) is 0 Å². The average molecular weight is 349 g/mol. The highest BCUT2D eigenvalue weighted by molar-refractivity contribution is 6.05. The molecule has 1 N–H and O–H groups in total. The van der Waals surface area contributed by atoms with E-state index in [4.69, 9.17) is 9.26 Å². The lowest BCUT2D eigenvalue weighted by atomic mass is 10.1. The molecule has 0 saturated carbocycles. The molecule has 132 valence electrons. The highest BCUT2D eigenvalue weighted by Crippen LogP contribution is 2.27. The first-order chi connectivity index (χ1) is 12.8. The number of anilines is 2. The molecule has 1 aliphatic rings. The molecule has 0 aliphatic carbocycles. The molecule has 1 aliphatic heterocycles. The second-order valence-electron chi connectivity index (χ2n) is 6.01. The lowest BCUT2D eigenvalue weighted by Gasteiger charge is -2.30. The summed E-state index contributed by atoms with van der Waals surface area (Å²) in [5.41, 5.74) is 2.87. The average Bonchev–Trinajstić information content (AvgIpc) is 3.20. The summed E-state index contributed by atoms with van der Waals surface area (Å²) in [6, 6.07) is 19.0. The van der Waals surface area contributed by atoms with Crippen molar-refractivity contribution in [1.82, 2.24) is 5.16 Å². The van der Waals surface area contributed by atoms with Gasteiger partial charge in [-0.15, -0.1) is 0 Å². The molecule has 1 saturated heterocycles. The third-order valence-corrected chi connectivity index (χ3v) is 4.31. The quantitative estimate of drug-likeness (QED) is 0.782. The second-order valence-corrected chi connectivity index (χ2v) is 6.01. The second kappa shape index (κ2) is 7.41. The Hall–Kier alpha value is -3.12. The van der Waals surface area contributed by atoms with Crippen molar-refractivity contribution in [3.63, 3.8) is 0 Å². The minimum Gasteiger partial charge on any atom is -0.378 e. The number of ether oxygens (including phenoxy) is 1. The van der Waals surface area contributed by atoms with Crippen LogP contribution in [-0.2, 0) is 4.74 Å². The Bertz CT molecular complexity index is 886. The third kappa shape index (κ3) is 3.45. The molecule has 0 unspecified atom stereocenters. The Labute approximate surface area is 151 Å². The summed E-state index contributed by atoms with van der Waals surface area (Å²) in [5.74, 6) is 0.272. The molecular weight excluding hydrogens is 330 g/mol. The fraction of sp³-hybridized carbons (Fsp3) is 0.200. The predicted octanol–water partition coefficient (Wildman–Crippen LogP) is 3.43. The summed E-state index contributed by atoms with van der Waals surface area (Å²) < 4.78 is 10.7. The van der Waals surface area contributed by atoms with E-state index in [-0.39, 0.29) is 11.6 Å². The van der Waals surface area contributed by atoms with Crippen molar-refractivity contribution in [2.75, 3.05) is 36.5 Å². The third-order valence-electron chi connectivity index (χ3n) is 4.31. The minimum absolute atomic E-state index is 0.251. The van der Waals surface area contributed by atoms with Crippen LogP contribution in [0.3, 0.4) is 0 Å². The predicted molar refractivity (Wildman–Crippen MR) is 99.4 cm³/mol. The van der Waals surface area contributed by atoms with Crippen LogP contribution in [0.2, 0.25) is 0 Å². The molecule has 0 radical (unpaired) electrons. The Morgan fingerprint density at radius 1 is 1.00 bits per heavy atom. The fourth-order valence-corrected chi connectivity index (χ4v) is 2.97. The fourth-order valence-electron chi connectivity index (χ4n) is 2.97. The maximum atomic E-state index is 12.6. The van der Waals surface area contributed by atoms with E-state index in [1.54, 1.807) is 6.07 Å². The van der Waals surface area contributed by atoms with Crippen molar-refractivity contribution in [2.45, 2.75) is 0 Å². The first-order valence-corrected chi connectivity index (χ1v) is 8.56. The van der Waals surface area contributed by atoms with Crippen molar-refractivity contribution in [3.8, 4) is 11.3 Å². The Kier molecular flexibility index (Phi) is 4.66. The number of amides is 1. The molecule has 4 rings (SSSR count). The van der Waals surface area contributed by atoms with Gasteiger partial charge < -0.3 is 19.5 Å². The number of benzene rings is 2. The molecule has 6 nitrogen and oxygen atoms in total. The maximum Gasteiger partial charge on any atom is 0.277 e. The van der Waals surface area contributed by atoms with Gasteiger partial charge in [-0.3, -0.25) is 4.79 Å². The lowest BCUT2D eigenvalue weighted by molar-refractivity contribution is 0.101. The van der Waals surface area contributed by atoms with Crippen LogP contribution >= 0.6 is 0 Å². The van der Waals surface area contributed by atoms with Gasteiger partial charge in [-0.2, -0.15) is 0 Å². The van der Waals surface area contributed by atoms with Crippen LogP contribution in [0, 0.1) is 0 Å². The number of morpholine rings is 1. The van der Waals surface area contributed by atoms with Gasteiger partial charge in [-0.1, -0.05) is 47.6 Å². The topological polar surface area (TPSA) is 67.6 Å². The van der Waals surface area contributed by atoms with Crippen molar-refractivity contribution < 1.29 is 14.1 Å². The molecule has 1 amide bonds. The van der Waals surface area contributed by atoms with Gasteiger partial charge in [0.15, 0.2) is 11.5 Å². The number of carbonyl (C=O) groups is 1. The molecule has 1 fully saturated rings. The van der Waals surface area contributed by atoms with Gasteiger partial charge >= 0.3 is 0 Å². The molecule has 0 atom stereocenters. The van der Waals surface area contributed by atoms with Crippen LogP contribution in [0.25, 0.3) is 11.3 Å². The normalized spacial score (nSPS) is 14.2. The van der Waals surface area contributed by atoms with E-state index in [2.05, 4.69) is 15.4 Å². The van der Waals surface area contributed by atoms with Crippen molar-refractivity contribution in [1.29, 1.82) is 0 Å². The number of rotatable bonds is 4. The zero-order valence-electron chi connectivity index (χ0n) is 14.2. The standard InChI is InChI=1S/C20H19N3O3/c24-20(17-14-19(26-22-17)15-6-2-1-3-7-15)21-16-8-4-5-9-18(16)23-10-12-25-13-11-23/h1-9,14H,10-13H2,(H,21,24). The van der Waals surface area contributed by atoms with E-state index in [0.29, 0.717) is 19.0 Å². The number of para-hydroxylation sites is 2.